The highest BCUT2D eigenvalue weighted by atomic mass is 16.3. The minimum absolute atomic E-state index is 0.0261. The van der Waals surface area contributed by atoms with Gasteiger partial charge < -0.3 is 15.5 Å². The van der Waals surface area contributed by atoms with Crippen molar-refractivity contribution in [3.63, 3.8) is 0 Å². The minimum Gasteiger partial charge on any atom is -0.464 e. The van der Waals surface area contributed by atoms with E-state index >= 15 is 0 Å². The van der Waals surface area contributed by atoms with Crippen LogP contribution in [0.15, 0.2) is 34.9 Å². The molecule has 0 bridgehead atoms. The molecule has 1 aromatic carbocycles. The van der Waals surface area contributed by atoms with E-state index in [9.17, 15) is 4.79 Å². The third kappa shape index (κ3) is 2.90. The van der Waals surface area contributed by atoms with Crippen LogP contribution in [0.4, 0.5) is 0 Å². The highest BCUT2D eigenvalue weighted by molar-refractivity contribution is 5.82. The lowest BCUT2D eigenvalue weighted by Crippen LogP contribution is -2.26. The quantitative estimate of drug-likeness (QED) is 0.848. The number of rotatable bonds is 5. The van der Waals surface area contributed by atoms with Gasteiger partial charge in [0.2, 0.25) is 5.91 Å². The third-order valence-electron chi connectivity index (χ3n) is 2.97. The summed E-state index contributed by atoms with van der Waals surface area (Å²) in [4.78, 5) is 11.6. The van der Waals surface area contributed by atoms with E-state index in [4.69, 9.17) is 10.2 Å². The molecule has 0 radical (unpaired) electrons. The van der Waals surface area contributed by atoms with E-state index in [1.54, 1.807) is 6.26 Å². The van der Waals surface area contributed by atoms with Crippen molar-refractivity contribution in [3.05, 3.63) is 36.1 Å². The first-order valence-corrected chi connectivity index (χ1v) is 6.12. The van der Waals surface area contributed by atoms with Crippen LogP contribution >= 0.6 is 0 Å². The van der Waals surface area contributed by atoms with Crippen molar-refractivity contribution in [3.8, 4) is 0 Å². The molecule has 96 valence electrons. The van der Waals surface area contributed by atoms with Gasteiger partial charge in [-0.1, -0.05) is 25.1 Å². The number of furan rings is 1. The molecule has 18 heavy (non-hydrogen) atoms. The van der Waals surface area contributed by atoms with Crippen LogP contribution in [0.5, 0.6) is 0 Å². The largest absolute Gasteiger partial charge is 0.464 e. The van der Waals surface area contributed by atoms with Crippen molar-refractivity contribution < 1.29 is 9.21 Å². The molecular formula is C14H18N2O2. The lowest BCUT2D eigenvalue weighted by molar-refractivity contribution is -0.122. The van der Waals surface area contributed by atoms with E-state index in [0.29, 0.717) is 19.5 Å². The summed E-state index contributed by atoms with van der Waals surface area (Å²) in [5.41, 5.74) is 7.33. The van der Waals surface area contributed by atoms with Crippen LogP contribution in [0, 0.1) is 5.92 Å². The zero-order valence-corrected chi connectivity index (χ0v) is 10.5. The smallest absolute Gasteiger partial charge is 0.220 e. The third-order valence-corrected chi connectivity index (χ3v) is 2.97. The highest BCUT2D eigenvalue weighted by Crippen LogP contribution is 2.20. The van der Waals surface area contributed by atoms with Gasteiger partial charge in [0.05, 0.1) is 6.26 Å². The molecule has 3 N–H and O–H groups in total. The van der Waals surface area contributed by atoms with Crippen molar-refractivity contribution >= 4 is 16.9 Å². The van der Waals surface area contributed by atoms with E-state index in [1.165, 1.54) is 0 Å². The van der Waals surface area contributed by atoms with Crippen molar-refractivity contribution in [2.75, 3.05) is 6.54 Å². The van der Waals surface area contributed by atoms with Crippen LogP contribution in [-0.2, 0) is 11.3 Å². The number of carbonyl (C=O) groups excluding carboxylic acids is 1. The molecule has 1 atom stereocenters. The Bertz CT molecular complexity index is 533. The minimum atomic E-state index is 0.0261. The molecule has 0 spiro atoms. The maximum absolute atomic E-state index is 11.6. The predicted octanol–water partition coefficient (Wildman–Crippen LogP) is 2.03. The Hall–Kier alpha value is -1.81. The van der Waals surface area contributed by atoms with E-state index in [2.05, 4.69) is 5.32 Å². The standard InChI is InChI=1S/C14H18N2O2/c1-10(7-15)6-14(17)16-8-11-9-18-13-5-3-2-4-12(11)13/h2-5,9-10H,6-8,15H2,1H3,(H,16,17). The first kappa shape index (κ1) is 12.6. The van der Waals surface area contributed by atoms with Crippen LogP contribution in [-0.4, -0.2) is 12.5 Å². The fourth-order valence-corrected chi connectivity index (χ4v) is 1.84. The van der Waals surface area contributed by atoms with E-state index in [-0.39, 0.29) is 11.8 Å². The average molecular weight is 246 g/mol. The van der Waals surface area contributed by atoms with Gasteiger partial charge in [-0.25, -0.2) is 0 Å². The number of hydrogen-bond acceptors (Lipinski definition) is 3. The van der Waals surface area contributed by atoms with Gasteiger partial charge in [0.25, 0.3) is 0 Å². The summed E-state index contributed by atoms with van der Waals surface area (Å²) in [7, 11) is 0. The molecule has 0 fully saturated rings. The molecule has 2 rings (SSSR count). The number of benzene rings is 1. The van der Waals surface area contributed by atoms with Crippen LogP contribution in [0.3, 0.4) is 0 Å². The summed E-state index contributed by atoms with van der Waals surface area (Å²) in [5, 5.41) is 3.93. The van der Waals surface area contributed by atoms with Gasteiger partial charge in [0.1, 0.15) is 5.58 Å². The molecule has 0 aliphatic heterocycles. The van der Waals surface area contributed by atoms with Gasteiger partial charge in [-0.15, -0.1) is 0 Å². The second-order valence-corrected chi connectivity index (χ2v) is 4.58. The van der Waals surface area contributed by atoms with Gasteiger partial charge in [0.15, 0.2) is 0 Å². The Morgan fingerprint density at radius 3 is 3.00 bits per heavy atom. The molecule has 2 aromatic rings. The highest BCUT2D eigenvalue weighted by Gasteiger charge is 2.09. The lowest BCUT2D eigenvalue weighted by Gasteiger charge is -2.08. The SMILES string of the molecule is CC(CN)CC(=O)NCc1coc2ccccc12. The Morgan fingerprint density at radius 2 is 2.22 bits per heavy atom. The van der Waals surface area contributed by atoms with Crippen molar-refractivity contribution in [2.45, 2.75) is 19.9 Å². The summed E-state index contributed by atoms with van der Waals surface area (Å²) < 4.78 is 5.41. The number of nitrogens with two attached hydrogens (primary N) is 1. The molecule has 1 unspecified atom stereocenters. The summed E-state index contributed by atoms with van der Waals surface area (Å²) in [6.07, 6.45) is 2.16. The fraction of sp³-hybridized carbons (Fsp3) is 0.357. The zero-order chi connectivity index (χ0) is 13.0. The maximum atomic E-state index is 11.6. The maximum Gasteiger partial charge on any atom is 0.220 e. The molecule has 1 aromatic heterocycles. The lowest BCUT2D eigenvalue weighted by atomic mass is 10.1. The normalized spacial score (nSPS) is 12.6. The van der Waals surface area contributed by atoms with E-state index in [1.807, 2.05) is 31.2 Å². The van der Waals surface area contributed by atoms with Gasteiger partial charge in [0, 0.05) is 23.9 Å². The van der Waals surface area contributed by atoms with Gasteiger partial charge >= 0.3 is 0 Å². The van der Waals surface area contributed by atoms with E-state index in [0.717, 1.165) is 16.5 Å². The van der Waals surface area contributed by atoms with Crippen molar-refractivity contribution in [1.29, 1.82) is 0 Å². The van der Waals surface area contributed by atoms with Gasteiger partial charge in [-0.05, 0) is 18.5 Å². The topological polar surface area (TPSA) is 68.3 Å². The fourth-order valence-electron chi connectivity index (χ4n) is 1.84. The first-order chi connectivity index (χ1) is 8.70. The average Bonchev–Trinajstić information content (AvgIpc) is 2.79. The first-order valence-electron chi connectivity index (χ1n) is 6.12. The summed E-state index contributed by atoms with van der Waals surface area (Å²) in [6.45, 7) is 2.99. The molecule has 0 aliphatic carbocycles. The molecular weight excluding hydrogens is 228 g/mol. The van der Waals surface area contributed by atoms with Gasteiger partial charge in [-0.2, -0.15) is 0 Å². The summed E-state index contributed by atoms with van der Waals surface area (Å²) in [6, 6.07) is 7.79. The Balaban J connectivity index is 1.96. The molecule has 1 heterocycles. The number of para-hydroxylation sites is 1. The number of carbonyl (C=O) groups is 1. The predicted molar refractivity (Wildman–Crippen MR) is 70.9 cm³/mol. The second kappa shape index (κ2) is 5.69. The summed E-state index contributed by atoms with van der Waals surface area (Å²) in [5.74, 6) is 0.240. The number of amides is 1. The van der Waals surface area contributed by atoms with Crippen molar-refractivity contribution in [1.82, 2.24) is 5.32 Å². The van der Waals surface area contributed by atoms with Crippen LogP contribution in [0.25, 0.3) is 11.0 Å². The van der Waals surface area contributed by atoms with Crippen LogP contribution in [0.1, 0.15) is 18.9 Å². The molecule has 0 saturated carbocycles. The second-order valence-electron chi connectivity index (χ2n) is 4.58. The Labute approximate surface area is 106 Å². The molecule has 0 saturated heterocycles. The molecule has 4 nitrogen and oxygen atoms in total. The summed E-state index contributed by atoms with van der Waals surface area (Å²) >= 11 is 0. The van der Waals surface area contributed by atoms with E-state index < -0.39 is 0 Å². The monoisotopic (exact) mass is 246 g/mol. The van der Waals surface area contributed by atoms with Crippen LogP contribution in [0.2, 0.25) is 0 Å². The number of fused-ring (bicyclic) bond motifs is 1. The van der Waals surface area contributed by atoms with Crippen LogP contribution < -0.4 is 11.1 Å². The Kier molecular flexibility index (Phi) is 3.99. The van der Waals surface area contributed by atoms with Crippen molar-refractivity contribution in [2.24, 2.45) is 11.7 Å². The molecule has 0 aliphatic rings. The molecule has 1 amide bonds. The van der Waals surface area contributed by atoms with Gasteiger partial charge in [-0.3, -0.25) is 4.79 Å². The Morgan fingerprint density at radius 1 is 1.44 bits per heavy atom. The zero-order valence-electron chi connectivity index (χ0n) is 10.5. The molecule has 4 heteroatoms. The number of nitrogens with one attached hydrogen (secondary N) is 1. The number of hydrogen-bond donors (Lipinski definition) is 2.